The van der Waals surface area contributed by atoms with Gasteiger partial charge in [-0.1, -0.05) is 6.58 Å². The molecule has 0 aliphatic rings. The third-order valence-electron chi connectivity index (χ3n) is 0.541. The maximum Gasteiger partial charge on any atom is 0.338 e. The highest BCUT2D eigenvalue weighted by Crippen LogP contribution is 1.81. The summed E-state index contributed by atoms with van der Waals surface area (Å²) in [6.45, 7) is 3.43. The van der Waals surface area contributed by atoms with Crippen LogP contribution in [0.15, 0.2) is 18.4 Å². The molecule has 0 spiro atoms. The molecule has 0 atom stereocenters. The van der Waals surface area contributed by atoms with Crippen LogP contribution in [0.1, 0.15) is 0 Å². The van der Waals surface area contributed by atoms with Crippen molar-refractivity contribution in [3.63, 3.8) is 0 Å². The smallest absolute Gasteiger partial charge is 0.338 e. The van der Waals surface area contributed by atoms with Gasteiger partial charge in [-0.15, -0.1) is 17.3 Å². The van der Waals surface area contributed by atoms with Gasteiger partial charge in [-0.3, -0.25) is 0 Å². The maximum atomic E-state index is 10.4. The average molecular weight is 147 g/mol. The quantitative estimate of drug-likeness (QED) is 0.258. The molecule has 0 aliphatic carbocycles. The molecule has 0 aliphatic heterocycles. The van der Waals surface area contributed by atoms with Crippen molar-refractivity contribution < 1.29 is 9.53 Å². The molecular formula is C6H7ClO2. The van der Waals surface area contributed by atoms with Crippen molar-refractivity contribution in [2.75, 3.05) is 12.5 Å². The van der Waals surface area contributed by atoms with E-state index in [1.165, 1.54) is 0 Å². The van der Waals surface area contributed by atoms with E-state index in [0.29, 0.717) is 5.88 Å². The predicted octanol–water partition coefficient (Wildman–Crippen LogP) is 1.11. The summed E-state index contributed by atoms with van der Waals surface area (Å²) in [5.74, 6) is -0.137. The number of halogens is 1. The summed E-state index contributed by atoms with van der Waals surface area (Å²) in [7, 11) is 0. The van der Waals surface area contributed by atoms with Crippen molar-refractivity contribution in [3.05, 3.63) is 18.4 Å². The van der Waals surface area contributed by atoms with Gasteiger partial charge < -0.3 is 4.74 Å². The Labute approximate surface area is 58.8 Å². The Morgan fingerprint density at radius 2 is 2.56 bits per heavy atom. The molecule has 0 saturated heterocycles. The Balaban J connectivity index is 3.39. The fourth-order valence-electron chi connectivity index (χ4n) is 0.264. The average Bonchev–Trinajstić information content (AvgIpc) is 1.85. The molecule has 50 valence electrons. The number of carbonyl (C=O) groups excluding carboxylic acids is 1. The van der Waals surface area contributed by atoms with Gasteiger partial charge in [0, 0.05) is 0 Å². The van der Waals surface area contributed by atoms with Crippen molar-refractivity contribution in [3.8, 4) is 0 Å². The zero-order chi connectivity index (χ0) is 7.11. The monoisotopic (exact) mass is 146 g/mol. The minimum Gasteiger partial charge on any atom is -0.461 e. The summed E-state index contributed by atoms with van der Waals surface area (Å²) in [5.41, 5.74) is 2.28. The van der Waals surface area contributed by atoms with Crippen LogP contribution in [0.2, 0.25) is 0 Å². The van der Waals surface area contributed by atoms with E-state index in [1.807, 2.05) is 0 Å². The zero-order valence-electron chi connectivity index (χ0n) is 4.89. The first-order chi connectivity index (χ1) is 4.31. The summed E-state index contributed by atoms with van der Waals surface area (Å²) in [6, 6.07) is 0. The number of carbonyl (C=O) groups is 1. The second-order valence-electron chi connectivity index (χ2n) is 1.20. The van der Waals surface area contributed by atoms with Crippen LogP contribution < -0.4 is 0 Å². The van der Waals surface area contributed by atoms with Gasteiger partial charge >= 0.3 is 5.97 Å². The topological polar surface area (TPSA) is 26.3 Å². The van der Waals surface area contributed by atoms with E-state index >= 15 is 0 Å². The van der Waals surface area contributed by atoms with E-state index in [-0.39, 0.29) is 6.61 Å². The number of ether oxygens (including phenoxy) is 1. The molecule has 0 unspecified atom stereocenters. The third kappa shape index (κ3) is 5.15. The molecule has 0 bridgehead atoms. The summed E-state index contributed by atoms with van der Waals surface area (Å²) in [6.07, 6.45) is 1.12. The van der Waals surface area contributed by atoms with Crippen molar-refractivity contribution in [1.29, 1.82) is 0 Å². The van der Waals surface area contributed by atoms with E-state index in [4.69, 9.17) is 11.6 Å². The van der Waals surface area contributed by atoms with Crippen LogP contribution in [0, 0.1) is 0 Å². The molecule has 0 rings (SSSR count). The molecule has 0 aromatic carbocycles. The van der Waals surface area contributed by atoms with E-state index in [1.54, 1.807) is 0 Å². The Kier molecular flexibility index (Phi) is 4.98. The fourth-order valence-corrected chi connectivity index (χ4v) is 0.341. The lowest BCUT2D eigenvalue weighted by atomic mass is 10.6. The van der Waals surface area contributed by atoms with Gasteiger partial charge in [0.15, 0.2) is 0 Å². The van der Waals surface area contributed by atoms with E-state index in [2.05, 4.69) is 17.0 Å². The van der Waals surface area contributed by atoms with Gasteiger partial charge in [0.25, 0.3) is 0 Å². The van der Waals surface area contributed by atoms with Crippen molar-refractivity contribution in [1.82, 2.24) is 0 Å². The summed E-state index contributed by atoms with van der Waals surface area (Å²) < 4.78 is 4.50. The number of rotatable bonds is 3. The molecule has 3 heteroatoms. The lowest BCUT2D eigenvalue weighted by molar-refractivity contribution is -0.137. The first kappa shape index (κ1) is 8.28. The SMILES string of the molecule is C=C=CC(=O)OCCCl. The van der Waals surface area contributed by atoms with E-state index in [9.17, 15) is 4.79 Å². The van der Waals surface area contributed by atoms with Gasteiger partial charge in [-0.2, -0.15) is 0 Å². The van der Waals surface area contributed by atoms with Crippen LogP contribution >= 0.6 is 11.6 Å². The first-order valence-corrected chi connectivity index (χ1v) is 2.93. The molecule has 0 fully saturated rings. The van der Waals surface area contributed by atoms with Gasteiger partial charge in [-0.05, 0) is 0 Å². The molecule has 0 N–H and O–H groups in total. The molecule has 0 saturated carbocycles. The molecule has 0 radical (unpaired) electrons. The first-order valence-electron chi connectivity index (χ1n) is 2.40. The standard InChI is InChI=1S/C6H7ClO2/c1-2-3-6(8)9-5-4-7/h3H,1,4-5H2. The Morgan fingerprint density at radius 3 is 3.00 bits per heavy atom. The molecule has 0 aromatic rings. The molecule has 2 nitrogen and oxygen atoms in total. The predicted molar refractivity (Wildman–Crippen MR) is 35.4 cm³/mol. The second-order valence-corrected chi connectivity index (χ2v) is 1.58. The zero-order valence-corrected chi connectivity index (χ0v) is 5.65. The number of alkyl halides is 1. The fraction of sp³-hybridized carbons (Fsp3) is 0.333. The molecule has 0 aromatic heterocycles. The summed E-state index contributed by atoms with van der Waals surface area (Å²) in [4.78, 5) is 10.4. The van der Waals surface area contributed by atoms with E-state index in [0.717, 1.165) is 6.08 Å². The van der Waals surface area contributed by atoms with Crippen LogP contribution in [-0.2, 0) is 9.53 Å². The minimum absolute atomic E-state index is 0.235. The van der Waals surface area contributed by atoms with Crippen LogP contribution in [0.25, 0.3) is 0 Å². The number of esters is 1. The summed E-state index contributed by atoms with van der Waals surface area (Å²) >= 11 is 5.22. The van der Waals surface area contributed by atoms with Crippen LogP contribution in [0.4, 0.5) is 0 Å². The summed E-state index contributed by atoms with van der Waals surface area (Å²) in [5, 5.41) is 0. The minimum atomic E-state index is -0.453. The Morgan fingerprint density at radius 1 is 1.89 bits per heavy atom. The third-order valence-corrected chi connectivity index (χ3v) is 0.696. The van der Waals surface area contributed by atoms with Crippen molar-refractivity contribution in [2.24, 2.45) is 0 Å². The van der Waals surface area contributed by atoms with Crippen LogP contribution in [-0.4, -0.2) is 18.5 Å². The number of hydrogen-bond donors (Lipinski definition) is 0. The van der Waals surface area contributed by atoms with Gasteiger partial charge in [0.1, 0.15) is 6.61 Å². The normalized spacial score (nSPS) is 7.67. The number of hydrogen-bond acceptors (Lipinski definition) is 2. The molecule has 9 heavy (non-hydrogen) atoms. The molecular weight excluding hydrogens is 140 g/mol. The van der Waals surface area contributed by atoms with Crippen molar-refractivity contribution in [2.45, 2.75) is 0 Å². The highest BCUT2D eigenvalue weighted by atomic mass is 35.5. The van der Waals surface area contributed by atoms with Gasteiger partial charge in [0.2, 0.25) is 0 Å². The highest BCUT2D eigenvalue weighted by molar-refractivity contribution is 6.18. The lowest BCUT2D eigenvalue weighted by Crippen LogP contribution is -2.02. The molecule has 0 amide bonds. The van der Waals surface area contributed by atoms with Crippen molar-refractivity contribution >= 4 is 17.6 Å². The Bertz CT molecular complexity index is 136. The van der Waals surface area contributed by atoms with Crippen LogP contribution in [0.3, 0.4) is 0 Å². The van der Waals surface area contributed by atoms with E-state index < -0.39 is 5.97 Å². The Hall–Kier alpha value is -0.720. The largest absolute Gasteiger partial charge is 0.461 e. The van der Waals surface area contributed by atoms with Gasteiger partial charge in [-0.25, -0.2) is 4.79 Å². The van der Waals surface area contributed by atoms with Crippen LogP contribution in [0.5, 0.6) is 0 Å². The van der Waals surface area contributed by atoms with Gasteiger partial charge in [0.05, 0.1) is 12.0 Å². The lowest BCUT2D eigenvalue weighted by Gasteiger charge is -1.93. The molecule has 0 heterocycles. The second kappa shape index (κ2) is 5.42. The maximum absolute atomic E-state index is 10.4. The highest BCUT2D eigenvalue weighted by Gasteiger charge is 1.91.